The van der Waals surface area contributed by atoms with E-state index in [1.54, 1.807) is 18.3 Å². The second-order valence-corrected chi connectivity index (χ2v) is 3.59. The van der Waals surface area contributed by atoms with E-state index in [1.807, 2.05) is 19.1 Å². The van der Waals surface area contributed by atoms with Crippen LogP contribution in [0.25, 0.3) is 0 Å². The quantitative estimate of drug-likeness (QED) is 0.784. The summed E-state index contributed by atoms with van der Waals surface area (Å²) in [6.45, 7) is 1.85. The predicted molar refractivity (Wildman–Crippen MR) is 66.3 cm³/mol. The number of carbonyl (C=O) groups is 1. The van der Waals surface area contributed by atoms with Gasteiger partial charge in [0.2, 0.25) is 5.95 Å². The Hall–Kier alpha value is -2.43. The first-order chi connectivity index (χ1) is 8.19. The van der Waals surface area contributed by atoms with Gasteiger partial charge >= 0.3 is 0 Å². The van der Waals surface area contributed by atoms with Crippen LogP contribution in [0.3, 0.4) is 0 Å². The number of rotatable bonds is 3. The molecule has 1 aromatic carbocycles. The summed E-state index contributed by atoms with van der Waals surface area (Å²) in [5, 5.41) is 3.15. The SMILES string of the molecule is Cc1nc(N)ncc1Nc1ccc(C=O)cc1. The number of aldehydes is 1. The minimum Gasteiger partial charge on any atom is -0.368 e. The van der Waals surface area contributed by atoms with Crippen LogP contribution in [-0.4, -0.2) is 16.3 Å². The van der Waals surface area contributed by atoms with Crippen molar-refractivity contribution in [1.82, 2.24) is 9.97 Å². The number of carbonyl (C=O) groups excluding carboxylic acids is 1. The van der Waals surface area contributed by atoms with Gasteiger partial charge in [-0.2, -0.15) is 0 Å². The highest BCUT2D eigenvalue weighted by atomic mass is 16.1. The lowest BCUT2D eigenvalue weighted by atomic mass is 10.2. The van der Waals surface area contributed by atoms with Crippen molar-refractivity contribution in [2.75, 3.05) is 11.1 Å². The standard InChI is InChI=1S/C12H12N4O/c1-8-11(6-14-12(13)15-8)16-10-4-2-9(7-17)3-5-10/h2-7,16H,1H3,(H2,13,14,15). The highest BCUT2D eigenvalue weighted by molar-refractivity contribution is 5.76. The van der Waals surface area contributed by atoms with E-state index in [-0.39, 0.29) is 5.95 Å². The third kappa shape index (κ3) is 2.57. The lowest BCUT2D eigenvalue weighted by molar-refractivity contribution is 0.112. The van der Waals surface area contributed by atoms with Crippen LogP contribution in [0.1, 0.15) is 16.1 Å². The van der Waals surface area contributed by atoms with E-state index in [0.717, 1.165) is 23.4 Å². The zero-order chi connectivity index (χ0) is 12.3. The van der Waals surface area contributed by atoms with Crippen molar-refractivity contribution in [3.63, 3.8) is 0 Å². The molecule has 0 saturated carbocycles. The summed E-state index contributed by atoms with van der Waals surface area (Å²) in [4.78, 5) is 18.5. The van der Waals surface area contributed by atoms with Gasteiger partial charge in [0, 0.05) is 11.3 Å². The van der Waals surface area contributed by atoms with E-state index in [4.69, 9.17) is 5.73 Å². The Labute approximate surface area is 98.7 Å². The number of aryl methyl sites for hydroxylation is 1. The fourth-order valence-electron chi connectivity index (χ4n) is 1.41. The number of nitrogens with one attached hydrogen (secondary N) is 1. The molecule has 0 saturated heterocycles. The Kier molecular flexibility index (Phi) is 3.00. The smallest absolute Gasteiger partial charge is 0.220 e. The molecule has 0 aliphatic rings. The largest absolute Gasteiger partial charge is 0.368 e. The fourth-order valence-corrected chi connectivity index (χ4v) is 1.41. The zero-order valence-corrected chi connectivity index (χ0v) is 9.34. The molecule has 5 heteroatoms. The van der Waals surface area contributed by atoms with Gasteiger partial charge in [0.1, 0.15) is 6.29 Å². The molecule has 0 unspecified atom stereocenters. The molecule has 17 heavy (non-hydrogen) atoms. The second-order valence-electron chi connectivity index (χ2n) is 3.59. The van der Waals surface area contributed by atoms with Gasteiger partial charge in [0.15, 0.2) is 0 Å². The van der Waals surface area contributed by atoms with Crippen molar-refractivity contribution in [3.05, 3.63) is 41.7 Å². The van der Waals surface area contributed by atoms with Gasteiger partial charge in [-0.15, -0.1) is 0 Å². The maximum Gasteiger partial charge on any atom is 0.220 e. The first-order valence-corrected chi connectivity index (χ1v) is 5.10. The fraction of sp³-hybridized carbons (Fsp3) is 0.0833. The van der Waals surface area contributed by atoms with Gasteiger partial charge in [-0.1, -0.05) is 0 Å². The minimum atomic E-state index is 0.254. The first-order valence-electron chi connectivity index (χ1n) is 5.10. The molecule has 0 spiro atoms. The molecule has 0 radical (unpaired) electrons. The van der Waals surface area contributed by atoms with Crippen molar-refractivity contribution in [2.45, 2.75) is 6.92 Å². The summed E-state index contributed by atoms with van der Waals surface area (Å²) in [6, 6.07) is 7.12. The summed E-state index contributed by atoms with van der Waals surface area (Å²) in [6.07, 6.45) is 2.44. The molecule has 2 rings (SSSR count). The number of nitrogens with zero attached hydrogens (tertiary/aromatic N) is 2. The van der Waals surface area contributed by atoms with E-state index < -0.39 is 0 Å². The number of nitrogen functional groups attached to an aromatic ring is 1. The van der Waals surface area contributed by atoms with Gasteiger partial charge in [0.05, 0.1) is 17.6 Å². The van der Waals surface area contributed by atoms with Gasteiger partial charge in [-0.3, -0.25) is 4.79 Å². The maximum absolute atomic E-state index is 10.5. The van der Waals surface area contributed by atoms with E-state index in [9.17, 15) is 4.79 Å². The van der Waals surface area contributed by atoms with Crippen molar-refractivity contribution < 1.29 is 4.79 Å². The van der Waals surface area contributed by atoms with Crippen molar-refractivity contribution in [3.8, 4) is 0 Å². The van der Waals surface area contributed by atoms with E-state index in [2.05, 4.69) is 15.3 Å². The van der Waals surface area contributed by atoms with E-state index in [0.29, 0.717) is 5.56 Å². The molecular formula is C12H12N4O. The van der Waals surface area contributed by atoms with Crippen molar-refractivity contribution >= 4 is 23.6 Å². The summed E-state index contributed by atoms with van der Waals surface area (Å²) in [7, 11) is 0. The Bertz CT molecular complexity index is 537. The monoisotopic (exact) mass is 228 g/mol. The Morgan fingerprint density at radius 1 is 1.29 bits per heavy atom. The normalized spacial score (nSPS) is 9.94. The van der Waals surface area contributed by atoms with Gasteiger partial charge in [-0.25, -0.2) is 9.97 Å². The molecule has 1 heterocycles. The molecular weight excluding hydrogens is 216 g/mol. The molecule has 0 aliphatic heterocycles. The molecule has 0 fully saturated rings. The lowest BCUT2D eigenvalue weighted by Gasteiger charge is -2.08. The van der Waals surface area contributed by atoms with Crippen LogP contribution in [-0.2, 0) is 0 Å². The van der Waals surface area contributed by atoms with Gasteiger partial charge in [-0.05, 0) is 31.2 Å². The number of hydrogen-bond acceptors (Lipinski definition) is 5. The van der Waals surface area contributed by atoms with Crippen LogP contribution in [0, 0.1) is 6.92 Å². The number of anilines is 3. The average molecular weight is 228 g/mol. The second kappa shape index (κ2) is 4.61. The summed E-state index contributed by atoms with van der Waals surface area (Å²) < 4.78 is 0. The van der Waals surface area contributed by atoms with Crippen LogP contribution in [0.5, 0.6) is 0 Å². The third-order valence-corrected chi connectivity index (χ3v) is 2.32. The lowest BCUT2D eigenvalue weighted by Crippen LogP contribution is -2.01. The molecule has 3 N–H and O–H groups in total. The van der Waals surface area contributed by atoms with Crippen molar-refractivity contribution in [2.24, 2.45) is 0 Å². The number of aromatic nitrogens is 2. The Morgan fingerprint density at radius 3 is 2.59 bits per heavy atom. The zero-order valence-electron chi connectivity index (χ0n) is 9.34. The van der Waals surface area contributed by atoms with Crippen molar-refractivity contribution in [1.29, 1.82) is 0 Å². The van der Waals surface area contributed by atoms with Crippen LogP contribution in [0.4, 0.5) is 17.3 Å². The van der Waals surface area contributed by atoms with Crippen LogP contribution in [0.15, 0.2) is 30.5 Å². The third-order valence-electron chi connectivity index (χ3n) is 2.32. The predicted octanol–water partition coefficient (Wildman–Crippen LogP) is 1.92. The molecule has 0 aliphatic carbocycles. The number of hydrogen-bond donors (Lipinski definition) is 2. The molecule has 0 atom stereocenters. The molecule has 1 aromatic heterocycles. The molecule has 0 amide bonds. The van der Waals surface area contributed by atoms with E-state index >= 15 is 0 Å². The molecule has 2 aromatic rings. The topological polar surface area (TPSA) is 80.9 Å². The number of benzene rings is 1. The summed E-state index contributed by atoms with van der Waals surface area (Å²) in [5.41, 5.74) is 8.54. The van der Waals surface area contributed by atoms with Gasteiger partial charge in [0.25, 0.3) is 0 Å². The Balaban J connectivity index is 2.22. The van der Waals surface area contributed by atoms with E-state index in [1.165, 1.54) is 0 Å². The summed E-state index contributed by atoms with van der Waals surface area (Å²) >= 11 is 0. The molecule has 5 nitrogen and oxygen atoms in total. The van der Waals surface area contributed by atoms with Crippen LogP contribution < -0.4 is 11.1 Å². The molecule has 86 valence electrons. The first kappa shape index (κ1) is 11.1. The average Bonchev–Trinajstić information content (AvgIpc) is 2.34. The maximum atomic E-state index is 10.5. The summed E-state index contributed by atoms with van der Waals surface area (Å²) in [5.74, 6) is 0.254. The van der Waals surface area contributed by atoms with Crippen LogP contribution in [0.2, 0.25) is 0 Å². The highest BCUT2D eigenvalue weighted by Gasteiger charge is 2.01. The number of nitrogens with two attached hydrogens (primary N) is 1. The highest BCUT2D eigenvalue weighted by Crippen LogP contribution is 2.18. The minimum absolute atomic E-state index is 0.254. The van der Waals surface area contributed by atoms with Crippen LogP contribution >= 0.6 is 0 Å². The van der Waals surface area contributed by atoms with Gasteiger partial charge < -0.3 is 11.1 Å². The molecule has 0 bridgehead atoms. The Morgan fingerprint density at radius 2 is 2.00 bits per heavy atom.